The summed E-state index contributed by atoms with van der Waals surface area (Å²) >= 11 is 0. The van der Waals surface area contributed by atoms with Crippen LogP contribution in [0, 0.1) is 0 Å². The van der Waals surface area contributed by atoms with Crippen LogP contribution in [0.15, 0.2) is 0 Å². The molecule has 0 N–H and O–H groups in total. The van der Waals surface area contributed by atoms with Crippen molar-refractivity contribution in [2.45, 2.75) is 90.0 Å². The Labute approximate surface area is 146 Å². The van der Waals surface area contributed by atoms with Crippen LogP contribution in [0.2, 0.25) is 6.04 Å². The van der Waals surface area contributed by atoms with Gasteiger partial charge in [-0.3, -0.25) is 0 Å². The van der Waals surface area contributed by atoms with Crippen LogP contribution in [0.3, 0.4) is 0 Å². The molecule has 1 aliphatic rings. The highest BCUT2D eigenvalue weighted by molar-refractivity contribution is 6.59. The van der Waals surface area contributed by atoms with Gasteiger partial charge in [0.15, 0.2) is 0 Å². The summed E-state index contributed by atoms with van der Waals surface area (Å²) in [5, 5.41) is 0. The van der Waals surface area contributed by atoms with Gasteiger partial charge in [-0.05, 0) is 6.04 Å². The lowest BCUT2D eigenvalue weighted by molar-refractivity contribution is 0.327. The number of hydrogen-bond acceptors (Lipinski definition) is 4. The topological polar surface area (TPSA) is 36.9 Å². The highest BCUT2D eigenvalue weighted by Gasteiger charge is 2.15. The number of unbranched alkanes of at least 4 members (excludes halogenated alkanes) is 11. The zero-order chi connectivity index (χ0) is 15.7. The maximum absolute atomic E-state index is 5.81. The van der Waals surface area contributed by atoms with Gasteiger partial charge >= 0.3 is 9.28 Å². The SMILES string of the molecule is CCCCCCCCCCCCCC[SiH]1O[SiH2]O[SiH2]O[SiH2]O1. The second kappa shape index (κ2) is 16.6. The van der Waals surface area contributed by atoms with Gasteiger partial charge in [0.2, 0.25) is 0 Å². The van der Waals surface area contributed by atoms with Crippen LogP contribution in [0.25, 0.3) is 0 Å². The Balaban J connectivity index is 1.77. The third-order valence-corrected chi connectivity index (χ3v) is 11.7. The molecule has 1 fully saturated rings. The molecule has 0 atom stereocenters. The van der Waals surface area contributed by atoms with Gasteiger partial charge in [-0.1, -0.05) is 84.0 Å². The quantitative estimate of drug-likeness (QED) is 0.362. The van der Waals surface area contributed by atoms with E-state index < -0.39 is 39.3 Å². The molecule has 1 saturated heterocycles. The minimum Gasteiger partial charge on any atom is -0.425 e. The summed E-state index contributed by atoms with van der Waals surface area (Å²) in [6, 6.07) is 1.16. The predicted molar refractivity (Wildman–Crippen MR) is 103 cm³/mol. The summed E-state index contributed by atoms with van der Waals surface area (Å²) < 4.78 is 22.5. The van der Waals surface area contributed by atoms with E-state index >= 15 is 0 Å². The van der Waals surface area contributed by atoms with Crippen molar-refractivity contribution in [2.24, 2.45) is 0 Å². The van der Waals surface area contributed by atoms with Crippen molar-refractivity contribution in [3.8, 4) is 0 Å². The third-order valence-electron chi connectivity index (χ3n) is 4.13. The highest BCUT2D eigenvalue weighted by atomic mass is 28.4. The monoisotopic (exact) mass is 380 g/mol. The fourth-order valence-corrected chi connectivity index (χ4v) is 11.7. The van der Waals surface area contributed by atoms with Gasteiger partial charge in [-0.15, -0.1) is 0 Å². The zero-order valence-corrected chi connectivity index (χ0v) is 19.9. The number of hydrogen-bond donors (Lipinski definition) is 0. The Hall–Kier alpha value is 0.708. The van der Waals surface area contributed by atoms with E-state index in [-0.39, 0.29) is 0 Å². The van der Waals surface area contributed by atoms with Gasteiger partial charge in [0.1, 0.15) is 0 Å². The summed E-state index contributed by atoms with van der Waals surface area (Å²) in [5.41, 5.74) is 0. The van der Waals surface area contributed by atoms with E-state index in [1.54, 1.807) is 0 Å². The van der Waals surface area contributed by atoms with Gasteiger partial charge in [0.25, 0.3) is 30.0 Å². The van der Waals surface area contributed by atoms with Crippen LogP contribution >= 0.6 is 0 Å². The first-order valence-corrected chi connectivity index (χ1v) is 14.5. The van der Waals surface area contributed by atoms with E-state index in [1.807, 2.05) is 0 Å². The molecule has 0 aromatic heterocycles. The Kier molecular flexibility index (Phi) is 15.6. The van der Waals surface area contributed by atoms with E-state index in [0.29, 0.717) is 0 Å². The maximum Gasteiger partial charge on any atom is 0.303 e. The molecule has 0 radical (unpaired) electrons. The minimum atomic E-state index is -1.39. The predicted octanol–water partition coefficient (Wildman–Crippen LogP) is 1.98. The normalized spacial score (nSPS) is 23.0. The molecule has 0 aromatic rings. The molecular formula is C14H36O4Si4. The molecule has 0 aliphatic carbocycles. The lowest BCUT2D eigenvalue weighted by atomic mass is 10.1. The van der Waals surface area contributed by atoms with Crippen LogP contribution in [-0.4, -0.2) is 39.3 Å². The Bertz CT molecular complexity index is 229. The van der Waals surface area contributed by atoms with E-state index in [2.05, 4.69) is 6.92 Å². The summed E-state index contributed by atoms with van der Waals surface area (Å²) in [6.07, 6.45) is 16.8. The fourth-order valence-electron chi connectivity index (χ4n) is 2.74. The standard InChI is InChI=1S/C14H36O4Si4/c1-2-3-4-5-6-7-8-9-10-11-12-13-14-22-17-20-15-19-16-21-18-22/h22H,2-14,19-21H2,1H3. The lowest BCUT2D eigenvalue weighted by Gasteiger charge is -2.20. The molecule has 1 rings (SSSR count). The second-order valence-electron chi connectivity index (χ2n) is 6.20. The summed E-state index contributed by atoms with van der Waals surface area (Å²) in [6.45, 7) is 2.28. The molecule has 132 valence electrons. The molecular weight excluding hydrogens is 344 g/mol. The van der Waals surface area contributed by atoms with E-state index in [4.69, 9.17) is 16.5 Å². The zero-order valence-electron chi connectivity index (χ0n) is 14.5. The Morgan fingerprint density at radius 2 is 1.05 bits per heavy atom. The molecule has 8 heteroatoms. The van der Waals surface area contributed by atoms with E-state index in [1.165, 1.54) is 77.0 Å². The first kappa shape index (κ1) is 20.8. The summed E-state index contributed by atoms with van der Waals surface area (Å²) in [5.74, 6) is 0. The summed E-state index contributed by atoms with van der Waals surface area (Å²) in [7, 11) is -3.63. The van der Waals surface area contributed by atoms with Crippen LogP contribution in [0.5, 0.6) is 0 Å². The van der Waals surface area contributed by atoms with Gasteiger partial charge in [0, 0.05) is 0 Å². The van der Waals surface area contributed by atoms with Crippen molar-refractivity contribution in [1.29, 1.82) is 0 Å². The van der Waals surface area contributed by atoms with Crippen molar-refractivity contribution in [3.63, 3.8) is 0 Å². The number of rotatable bonds is 13. The molecule has 4 nitrogen and oxygen atoms in total. The van der Waals surface area contributed by atoms with Crippen molar-refractivity contribution in [2.75, 3.05) is 0 Å². The van der Waals surface area contributed by atoms with Crippen LogP contribution in [0.1, 0.15) is 84.0 Å². The smallest absolute Gasteiger partial charge is 0.303 e. The van der Waals surface area contributed by atoms with Crippen LogP contribution < -0.4 is 0 Å². The molecule has 1 aliphatic heterocycles. The maximum atomic E-state index is 5.81. The van der Waals surface area contributed by atoms with Crippen LogP contribution in [0.4, 0.5) is 0 Å². The average molecular weight is 381 g/mol. The van der Waals surface area contributed by atoms with Gasteiger partial charge in [0.05, 0.1) is 0 Å². The van der Waals surface area contributed by atoms with Crippen molar-refractivity contribution < 1.29 is 16.5 Å². The first-order chi connectivity index (χ1) is 10.9. The molecule has 0 saturated carbocycles. The molecule has 0 spiro atoms. The van der Waals surface area contributed by atoms with Crippen molar-refractivity contribution in [1.82, 2.24) is 0 Å². The molecule has 0 aromatic carbocycles. The molecule has 0 bridgehead atoms. The first-order valence-electron chi connectivity index (χ1n) is 9.32. The molecule has 1 heterocycles. The van der Waals surface area contributed by atoms with Gasteiger partial charge < -0.3 is 16.5 Å². The van der Waals surface area contributed by atoms with Gasteiger partial charge in [-0.25, -0.2) is 0 Å². The van der Waals surface area contributed by atoms with E-state index in [9.17, 15) is 0 Å². The molecule has 22 heavy (non-hydrogen) atoms. The average Bonchev–Trinajstić information content (AvgIpc) is 2.50. The molecule has 0 unspecified atom stereocenters. The highest BCUT2D eigenvalue weighted by Crippen LogP contribution is 2.13. The largest absolute Gasteiger partial charge is 0.425 e. The van der Waals surface area contributed by atoms with Crippen LogP contribution in [-0.2, 0) is 16.5 Å². The van der Waals surface area contributed by atoms with Crippen molar-refractivity contribution in [3.05, 3.63) is 0 Å². The lowest BCUT2D eigenvalue weighted by Crippen LogP contribution is -2.33. The Morgan fingerprint density at radius 3 is 1.55 bits per heavy atom. The van der Waals surface area contributed by atoms with Crippen molar-refractivity contribution >= 4 is 39.3 Å². The van der Waals surface area contributed by atoms with E-state index in [0.717, 1.165) is 6.04 Å². The minimum absolute atomic E-state index is 0.720. The second-order valence-corrected chi connectivity index (χ2v) is 14.3. The third kappa shape index (κ3) is 13.2. The Morgan fingerprint density at radius 1 is 0.591 bits per heavy atom. The summed E-state index contributed by atoms with van der Waals surface area (Å²) in [4.78, 5) is 0. The fraction of sp³-hybridized carbons (Fsp3) is 1.00. The molecule has 0 amide bonds. The van der Waals surface area contributed by atoms with Gasteiger partial charge in [-0.2, -0.15) is 0 Å².